The first kappa shape index (κ1) is 24.4. The number of aromatic nitrogens is 2. The van der Waals surface area contributed by atoms with E-state index in [-0.39, 0.29) is 40.6 Å². The SMILES string of the molecule is Cc1cc(-c2nc(-c3ccc4c(c3)CCC4NC3CC(C(=O)O)C3)no2)c(F)cc1-c1cccc(F)c1F. The summed E-state index contributed by atoms with van der Waals surface area (Å²) in [6.45, 7) is 1.68. The van der Waals surface area contributed by atoms with E-state index in [0.29, 0.717) is 24.2 Å². The lowest BCUT2D eigenvalue weighted by atomic mass is 9.80. The lowest BCUT2D eigenvalue weighted by Gasteiger charge is -2.35. The first-order chi connectivity index (χ1) is 18.3. The van der Waals surface area contributed by atoms with E-state index in [0.717, 1.165) is 36.1 Å². The maximum atomic E-state index is 15.1. The number of hydrogen-bond acceptors (Lipinski definition) is 5. The van der Waals surface area contributed by atoms with Gasteiger partial charge in [-0.15, -0.1) is 0 Å². The predicted molar refractivity (Wildman–Crippen MR) is 134 cm³/mol. The van der Waals surface area contributed by atoms with E-state index >= 15 is 4.39 Å². The number of carboxylic acid groups (broad SMARTS) is 1. The summed E-state index contributed by atoms with van der Waals surface area (Å²) in [6, 6.07) is 12.7. The van der Waals surface area contributed by atoms with Crippen molar-refractivity contribution in [1.82, 2.24) is 15.5 Å². The summed E-state index contributed by atoms with van der Waals surface area (Å²) in [5.41, 5.74) is 3.90. The molecule has 1 aromatic heterocycles. The van der Waals surface area contributed by atoms with Crippen LogP contribution in [-0.4, -0.2) is 27.3 Å². The van der Waals surface area contributed by atoms with Gasteiger partial charge in [-0.1, -0.05) is 29.4 Å². The van der Waals surface area contributed by atoms with Gasteiger partial charge in [-0.25, -0.2) is 13.2 Å². The summed E-state index contributed by atoms with van der Waals surface area (Å²) in [4.78, 5) is 15.5. The van der Waals surface area contributed by atoms with Crippen LogP contribution in [0.1, 0.15) is 42.0 Å². The third-order valence-corrected chi connectivity index (χ3v) is 7.62. The van der Waals surface area contributed by atoms with Crippen molar-refractivity contribution in [3.63, 3.8) is 0 Å². The Kier molecular flexibility index (Phi) is 6.03. The number of fused-ring (bicyclic) bond motifs is 1. The number of aryl methyl sites for hydroxylation is 2. The number of benzene rings is 3. The average molecular weight is 520 g/mol. The molecule has 1 unspecified atom stereocenters. The van der Waals surface area contributed by atoms with E-state index in [1.54, 1.807) is 6.92 Å². The molecule has 194 valence electrons. The molecule has 1 fully saturated rings. The number of carbonyl (C=O) groups is 1. The highest BCUT2D eigenvalue weighted by molar-refractivity contribution is 5.73. The highest BCUT2D eigenvalue weighted by Crippen LogP contribution is 2.38. The van der Waals surface area contributed by atoms with E-state index < -0.39 is 23.4 Å². The minimum absolute atomic E-state index is 0.00938. The van der Waals surface area contributed by atoms with Crippen molar-refractivity contribution in [3.05, 3.63) is 82.7 Å². The number of rotatable bonds is 6. The predicted octanol–water partition coefficient (Wildman–Crippen LogP) is 6.24. The standard InChI is InChI=1S/C29H24F3N3O3/c1-14-9-22(24(31)13-21(14)20-3-2-4-23(30)26(20)32)28-34-27(35-38-28)16-5-7-19-15(10-16)6-8-25(19)33-18-11-17(12-18)29(36)37/h2-5,7,9-10,13,17-18,25,33H,6,8,11-12H2,1H3,(H,36,37). The van der Waals surface area contributed by atoms with Gasteiger partial charge in [-0.05, 0) is 79.1 Å². The quantitative estimate of drug-likeness (QED) is 0.314. The number of nitrogens with zero attached hydrogens (tertiary/aromatic N) is 2. The molecule has 1 saturated carbocycles. The smallest absolute Gasteiger partial charge is 0.306 e. The van der Waals surface area contributed by atoms with Crippen LogP contribution in [0.4, 0.5) is 13.2 Å². The van der Waals surface area contributed by atoms with Crippen molar-refractivity contribution in [2.24, 2.45) is 5.92 Å². The van der Waals surface area contributed by atoms with Crippen molar-refractivity contribution in [2.75, 3.05) is 0 Å². The zero-order valence-corrected chi connectivity index (χ0v) is 20.5. The Balaban J connectivity index is 1.22. The lowest BCUT2D eigenvalue weighted by molar-refractivity contribution is -0.145. The summed E-state index contributed by atoms with van der Waals surface area (Å²) in [5, 5.41) is 16.7. The second-order valence-corrected chi connectivity index (χ2v) is 10.0. The first-order valence-corrected chi connectivity index (χ1v) is 12.5. The Morgan fingerprint density at radius 1 is 1.03 bits per heavy atom. The fraction of sp³-hybridized carbons (Fsp3) is 0.276. The van der Waals surface area contributed by atoms with Crippen LogP contribution in [0, 0.1) is 30.3 Å². The van der Waals surface area contributed by atoms with Gasteiger partial charge >= 0.3 is 5.97 Å². The molecule has 0 saturated heterocycles. The van der Waals surface area contributed by atoms with Gasteiger partial charge in [0.05, 0.1) is 11.5 Å². The van der Waals surface area contributed by atoms with Crippen LogP contribution in [0.25, 0.3) is 34.0 Å². The highest BCUT2D eigenvalue weighted by atomic mass is 19.2. The minimum Gasteiger partial charge on any atom is -0.481 e. The molecule has 38 heavy (non-hydrogen) atoms. The summed E-state index contributed by atoms with van der Waals surface area (Å²) in [7, 11) is 0. The number of aliphatic carboxylic acids is 1. The van der Waals surface area contributed by atoms with Gasteiger partial charge in [0.25, 0.3) is 5.89 Å². The average Bonchev–Trinajstić information content (AvgIpc) is 3.51. The van der Waals surface area contributed by atoms with Crippen molar-refractivity contribution >= 4 is 5.97 Å². The lowest BCUT2D eigenvalue weighted by Crippen LogP contribution is -2.45. The summed E-state index contributed by atoms with van der Waals surface area (Å²) < 4.78 is 48.5. The van der Waals surface area contributed by atoms with Gasteiger partial charge in [0.15, 0.2) is 11.6 Å². The largest absolute Gasteiger partial charge is 0.481 e. The van der Waals surface area contributed by atoms with Gasteiger partial charge in [0.2, 0.25) is 5.82 Å². The Hall–Kier alpha value is -3.98. The molecule has 2 N–H and O–H groups in total. The topological polar surface area (TPSA) is 88.2 Å². The second-order valence-electron chi connectivity index (χ2n) is 10.0. The van der Waals surface area contributed by atoms with Gasteiger partial charge in [0.1, 0.15) is 5.82 Å². The molecule has 0 bridgehead atoms. The third-order valence-electron chi connectivity index (χ3n) is 7.62. The van der Waals surface area contributed by atoms with E-state index in [9.17, 15) is 13.6 Å². The van der Waals surface area contributed by atoms with Crippen LogP contribution in [-0.2, 0) is 11.2 Å². The van der Waals surface area contributed by atoms with Crippen molar-refractivity contribution in [1.29, 1.82) is 0 Å². The molecule has 3 aromatic carbocycles. The highest BCUT2D eigenvalue weighted by Gasteiger charge is 2.36. The van der Waals surface area contributed by atoms with Crippen LogP contribution < -0.4 is 5.32 Å². The molecule has 6 rings (SSSR count). The molecule has 9 heteroatoms. The number of carboxylic acids is 1. The molecular weight excluding hydrogens is 495 g/mol. The van der Waals surface area contributed by atoms with E-state index in [2.05, 4.69) is 15.5 Å². The maximum Gasteiger partial charge on any atom is 0.306 e. The fourth-order valence-electron chi connectivity index (χ4n) is 5.47. The van der Waals surface area contributed by atoms with Crippen LogP contribution in [0.3, 0.4) is 0 Å². The molecule has 1 heterocycles. The van der Waals surface area contributed by atoms with Crippen LogP contribution >= 0.6 is 0 Å². The van der Waals surface area contributed by atoms with Gasteiger partial charge in [0, 0.05) is 23.2 Å². The van der Waals surface area contributed by atoms with Crippen LogP contribution in [0.15, 0.2) is 53.1 Å². The molecule has 0 radical (unpaired) electrons. The van der Waals surface area contributed by atoms with Crippen molar-refractivity contribution < 1.29 is 27.6 Å². The second kappa shape index (κ2) is 9.40. The van der Waals surface area contributed by atoms with Gasteiger partial charge in [-0.2, -0.15) is 4.98 Å². The number of nitrogens with one attached hydrogen (secondary N) is 1. The Labute approximate surface area is 216 Å². The number of halogens is 3. The molecule has 2 aliphatic carbocycles. The normalized spacial score (nSPS) is 20.3. The molecule has 1 atom stereocenters. The molecule has 0 amide bonds. The molecule has 4 aromatic rings. The molecule has 2 aliphatic rings. The Morgan fingerprint density at radius 3 is 2.63 bits per heavy atom. The maximum absolute atomic E-state index is 15.1. The summed E-state index contributed by atoms with van der Waals surface area (Å²) in [5.74, 6) is -3.40. The first-order valence-electron chi connectivity index (χ1n) is 12.5. The van der Waals surface area contributed by atoms with Crippen molar-refractivity contribution in [3.8, 4) is 34.0 Å². The monoisotopic (exact) mass is 519 g/mol. The van der Waals surface area contributed by atoms with Crippen LogP contribution in [0.2, 0.25) is 0 Å². The summed E-state index contributed by atoms with van der Waals surface area (Å²) >= 11 is 0. The van der Waals surface area contributed by atoms with E-state index in [4.69, 9.17) is 9.63 Å². The Morgan fingerprint density at radius 2 is 1.84 bits per heavy atom. The minimum atomic E-state index is -1.03. The zero-order valence-electron chi connectivity index (χ0n) is 20.5. The molecule has 6 nitrogen and oxygen atoms in total. The van der Waals surface area contributed by atoms with Gasteiger partial charge < -0.3 is 14.9 Å². The van der Waals surface area contributed by atoms with E-state index in [1.165, 1.54) is 23.8 Å². The number of hydrogen-bond donors (Lipinski definition) is 2. The van der Waals surface area contributed by atoms with Crippen LogP contribution in [0.5, 0.6) is 0 Å². The molecule has 0 aliphatic heterocycles. The summed E-state index contributed by atoms with van der Waals surface area (Å²) in [6.07, 6.45) is 3.10. The van der Waals surface area contributed by atoms with E-state index in [1.807, 2.05) is 18.2 Å². The molecule has 0 spiro atoms. The zero-order chi connectivity index (χ0) is 26.6. The molecular formula is C29H24F3N3O3. The third kappa shape index (κ3) is 4.26. The fourth-order valence-corrected chi connectivity index (χ4v) is 5.47. The Bertz CT molecular complexity index is 1560. The van der Waals surface area contributed by atoms with Gasteiger partial charge in [-0.3, -0.25) is 4.79 Å². The van der Waals surface area contributed by atoms with Crippen molar-refractivity contribution in [2.45, 2.75) is 44.7 Å².